The molecule has 3 rings (SSSR count). The zero-order valence-electron chi connectivity index (χ0n) is 14.8. The average molecular weight is 379 g/mol. The van der Waals surface area contributed by atoms with Crippen molar-refractivity contribution in [3.8, 4) is 5.75 Å². The number of halogens is 3. The summed E-state index contributed by atoms with van der Waals surface area (Å²) < 4.78 is 47.3. The molecule has 2 aromatic carbocycles. The van der Waals surface area contributed by atoms with Gasteiger partial charge >= 0.3 is 5.97 Å². The van der Waals surface area contributed by atoms with Crippen LogP contribution < -0.4 is 4.74 Å². The van der Waals surface area contributed by atoms with Gasteiger partial charge in [-0.25, -0.2) is 13.2 Å². The first-order valence-corrected chi connectivity index (χ1v) is 8.66. The Bertz CT molecular complexity index is 843. The van der Waals surface area contributed by atoms with E-state index < -0.39 is 35.4 Å². The minimum atomic E-state index is -0.927. The molecule has 2 aromatic rings. The molecule has 0 radical (unpaired) electrons. The van der Waals surface area contributed by atoms with Gasteiger partial charge in [0.15, 0.2) is 0 Å². The summed E-state index contributed by atoms with van der Waals surface area (Å²) in [6.45, 7) is 0.682. The maximum Gasteiger partial charge on any atom is 0.307 e. The van der Waals surface area contributed by atoms with E-state index in [0.717, 1.165) is 12.1 Å². The van der Waals surface area contributed by atoms with Crippen LogP contribution >= 0.6 is 0 Å². The molecule has 4 nitrogen and oxygen atoms in total. The fourth-order valence-corrected chi connectivity index (χ4v) is 3.65. The van der Waals surface area contributed by atoms with Crippen LogP contribution in [0.2, 0.25) is 0 Å². The van der Waals surface area contributed by atoms with Crippen LogP contribution in [0.1, 0.15) is 30.0 Å². The zero-order valence-corrected chi connectivity index (χ0v) is 14.8. The molecule has 0 aliphatic carbocycles. The van der Waals surface area contributed by atoms with Gasteiger partial charge in [0.2, 0.25) is 0 Å². The van der Waals surface area contributed by atoms with Crippen molar-refractivity contribution >= 4 is 5.97 Å². The number of benzene rings is 2. The van der Waals surface area contributed by atoms with E-state index >= 15 is 0 Å². The van der Waals surface area contributed by atoms with Crippen LogP contribution in [0.25, 0.3) is 0 Å². The summed E-state index contributed by atoms with van der Waals surface area (Å²) in [6.07, 6.45) is 1.12. The van der Waals surface area contributed by atoms with Crippen molar-refractivity contribution in [1.29, 1.82) is 0 Å². The second-order valence-corrected chi connectivity index (χ2v) is 6.63. The molecule has 0 amide bonds. The molecule has 1 saturated heterocycles. The lowest BCUT2D eigenvalue weighted by molar-refractivity contribution is -0.143. The van der Waals surface area contributed by atoms with E-state index in [0.29, 0.717) is 30.7 Å². The van der Waals surface area contributed by atoms with Gasteiger partial charge in [0.1, 0.15) is 23.2 Å². The van der Waals surface area contributed by atoms with E-state index in [2.05, 4.69) is 0 Å². The van der Waals surface area contributed by atoms with E-state index in [1.807, 2.05) is 0 Å². The first-order chi connectivity index (χ1) is 12.9. The highest BCUT2D eigenvalue weighted by Crippen LogP contribution is 2.38. The molecule has 0 aromatic heterocycles. The predicted octanol–water partition coefficient (Wildman–Crippen LogP) is 4.00. The van der Waals surface area contributed by atoms with Crippen molar-refractivity contribution < 1.29 is 27.8 Å². The second kappa shape index (κ2) is 8.00. The molecule has 0 spiro atoms. The van der Waals surface area contributed by atoms with Crippen molar-refractivity contribution in [3.63, 3.8) is 0 Å². The third-order valence-electron chi connectivity index (χ3n) is 4.91. The fraction of sp³-hybridized carbons (Fsp3) is 0.350. The number of piperidine rings is 1. The van der Waals surface area contributed by atoms with Gasteiger partial charge in [0.25, 0.3) is 0 Å². The van der Waals surface area contributed by atoms with Gasteiger partial charge in [0.05, 0.1) is 19.1 Å². The summed E-state index contributed by atoms with van der Waals surface area (Å²) in [5.74, 6) is -3.20. The number of hydrogen-bond acceptors (Lipinski definition) is 3. The van der Waals surface area contributed by atoms with Crippen molar-refractivity contribution in [2.45, 2.75) is 18.9 Å². The highest BCUT2D eigenvalue weighted by molar-refractivity contribution is 5.70. The zero-order chi connectivity index (χ0) is 19.6. The largest absolute Gasteiger partial charge is 0.496 e. The Kier molecular flexibility index (Phi) is 5.70. The summed E-state index contributed by atoms with van der Waals surface area (Å²) in [5.41, 5.74) is 0.514. The quantitative estimate of drug-likeness (QED) is 0.853. The second-order valence-electron chi connectivity index (χ2n) is 6.63. The van der Waals surface area contributed by atoms with E-state index in [9.17, 15) is 23.1 Å². The Labute approximate surface area is 155 Å². The lowest BCUT2D eigenvalue weighted by atomic mass is 9.90. The Morgan fingerprint density at radius 1 is 1.15 bits per heavy atom. The number of rotatable bonds is 5. The van der Waals surface area contributed by atoms with E-state index in [4.69, 9.17) is 4.74 Å². The molecule has 1 N–H and O–H groups in total. The van der Waals surface area contributed by atoms with Gasteiger partial charge in [-0.2, -0.15) is 0 Å². The van der Waals surface area contributed by atoms with Gasteiger partial charge < -0.3 is 9.84 Å². The van der Waals surface area contributed by atoms with Crippen LogP contribution in [0.5, 0.6) is 5.75 Å². The lowest BCUT2D eigenvalue weighted by Gasteiger charge is -2.38. The van der Waals surface area contributed by atoms with E-state index in [1.54, 1.807) is 4.90 Å². The molecule has 2 unspecified atom stereocenters. The molecule has 144 valence electrons. The number of ether oxygens (including phenoxy) is 1. The Balaban J connectivity index is 2.12. The van der Waals surface area contributed by atoms with Crippen LogP contribution in [0.15, 0.2) is 36.4 Å². The van der Waals surface area contributed by atoms with E-state index in [-0.39, 0.29) is 12.1 Å². The maximum atomic E-state index is 14.6. The number of methoxy groups -OCH3 is 1. The Morgan fingerprint density at radius 2 is 1.85 bits per heavy atom. The Hall–Kier alpha value is -2.54. The summed E-state index contributed by atoms with van der Waals surface area (Å²) in [5, 5.41) is 9.38. The van der Waals surface area contributed by atoms with Crippen LogP contribution in [0.4, 0.5) is 13.2 Å². The summed E-state index contributed by atoms with van der Waals surface area (Å²) in [7, 11) is 1.42. The Morgan fingerprint density at radius 3 is 2.52 bits per heavy atom. The summed E-state index contributed by atoms with van der Waals surface area (Å²) >= 11 is 0. The average Bonchev–Trinajstić information content (AvgIpc) is 2.64. The molecule has 0 saturated carbocycles. The topological polar surface area (TPSA) is 49.8 Å². The number of nitrogens with zero attached hydrogens (tertiary/aromatic N) is 1. The van der Waals surface area contributed by atoms with Crippen LogP contribution in [-0.2, 0) is 4.79 Å². The maximum absolute atomic E-state index is 14.6. The molecule has 7 heteroatoms. The van der Waals surface area contributed by atoms with Crippen molar-refractivity contribution in [3.05, 3.63) is 65.0 Å². The molecule has 27 heavy (non-hydrogen) atoms. The monoisotopic (exact) mass is 379 g/mol. The lowest BCUT2D eigenvalue weighted by Crippen LogP contribution is -2.41. The summed E-state index contributed by atoms with van der Waals surface area (Å²) in [4.78, 5) is 13.2. The third kappa shape index (κ3) is 4.08. The number of aliphatic carboxylic acids is 1. The normalized spacial score (nSPS) is 18.9. The molecule has 0 bridgehead atoms. The number of hydrogen-bond donors (Lipinski definition) is 1. The fourth-order valence-electron chi connectivity index (χ4n) is 3.65. The van der Waals surface area contributed by atoms with Crippen molar-refractivity contribution in [1.82, 2.24) is 4.90 Å². The van der Waals surface area contributed by atoms with Gasteiger partial charge in [-0.3, -0.25) is 9.69 Å². The first-order valence-electron chi connectivity index (χ1n) is 8.66. The molecular weight excluding hydrogens is 359 g/mol. The molecule has 2 atom stereocenters. The third-order valence-corrected chi connectivity index (χ3v) is 4.91. The van der Waals surface area contributed by atoms with Gasteiger partial charge in [0, 0.05) is 23.7 Å². The highest BCUT2D eigenvalue weighted by Gasteiger charge is 2.34. The smallest absolute Gasteiger partial charge is 0.307 e. The van der Waals surface area contributed by atoms with Crippen molar-refractivity contribution in [2.75, 3.05) is 20.2 Å². The standard InChI is InChI=1S/C20H20F3NO3/c1-27-18-7-5-13(21)9-16(18)19(15-6-4-14(22)10-17(15)23)24-8-2-3-12(11-24)20(25)26/h4-7,9-10,12,19H,2-3,8,11H2,1H3,(H,25,26). The first kappa shape index (κ1) is 19.2. The van der Waals surface area contributed by atoms with Gasteiger partial charge in [-0.05, 0) is 43.7 Å². The number of carboxylic acid groups (broad SMARTS) is 1. The highest BCUT2D eigenvalue weighted by atomic mass is 19.1. The molecule has 1 aliphatic heterocycles. The SMILES string of the molecule is COc1ccc(F)cc1C(c1ccc(F)cc1F)N1CCCC(C(=O)O)C1. The minimum absolute atomic E-state index is 0.145. The molecule has 1 heterocycles. The number of likely N-dealkylation sites (tertiary alicyclic amines) is 1. The molecular formula is C20H20F3NO3. The predicted molar refractivity (Wildman–Crippen MR) is 93.1 cm³/mol. The van der Waals surface area contributed by atoms with Crippen LogP contribution in [0.3, 0.4) is 0 Å². The minimum Gasteiger partial charge on any atom is -0.496 e. The molecule has 1 aliphatic rings. The summed E-state index contributed by atoms with van der Waals surface area (Å²) in [6, 6.07) is 6.34. The van der Waals surface area contributed by atoms with Crippen LogP contribution in [-0.4, -0.2) is 36.2 Å². The number of carbonyl (C=O) groups is 1. The number of carboxylic acids is 1. The van der Waals surface area contributed by atoms with Crippen molar-refractivity contribution in [2.24, 2.45) is 5.92 Å². The van der Waals surface area contributed by atoms with Gasteiger partial charge in [-0.15, -0.1) is 0 Å². The van der Waals surface area contributed by atoms with Gasteiger partial charge in [-0.1, -0.05) is 6.07 Å². The van der Waals surface area contributed by atoms with E-state index in [1.165, 1.54) is 31.4 Å². The molecule has 1 fully saturated rings. The van der Waals surface area contributed by atoms with Crippen LogP contribution in [0, 0.1) is 23.4 Å².